The molecule has 1 aliphatic carbocycles. The van der Waals surface area contributed by atoms with E-state index in [4.69, 9.17) is 0 Å². The molecule has 0 aliphatic heterocycles. The summed E-state index contributed by atoms with van der Waals surface area (Å²) in [4.78, 5) is 21.3. The van der Waals surface area contributed by atoms with E-state index in [2.05, 4.69) is 11.7 Å². The second-order valence-corrected chi connectivity index (χ2v) is 3.75. The van der Waals surface area contributed by atoms with E-state index in [9.17, 15) is 9.59 Å². The summed E-state index contributed by atoms with van der Waals surface area (Å²) >= 11 is 0. The van der Waals surface area contributed by atoms with Gasteiger partial charge >= 0.3 is 12.4 Å². The molecule has 3 nitrogen and oxygen atoms in total. The lowest BCUT2D eigenvalue weighted by Gasteiger charge is -2.17. The van der Waals surface area contributed by atoms with E-state index in [0.29, 0.717) is 5.92 Å². The third-order valence-corrected chi connectivity index (χ3v) is 2.83. The molecule has 0 heterocycles. The first-order valence-corrected chi connectivity index (χ1v) is 5.90. The van der Waals surface area contributed by atoms with Crippen LogP contribution in [0, 0.1) is 11.8 Å². The van der Waals surface area contributed by atoms with E-state index in [1.165, 1.54) is 12.8 Å². The first-order chi connectivity index (χ1) is 7.25. The van der Waals surface area contributed by atoms with Crippen LogP contribution in [0.25, 0.3) is 0 Å². The minimum absolute atomic E-state index is 0.0623. The van der Waals surface area contributed by atoms with Crippen molar-refractivity contribution in [2.24, 2.45) is 11.8 Å². The van der Waals surface area contributed by atoms with E-state index < -0.39 is 0 Å². The summed E-state index contributed by atoms with van der Waals surface area (Å²) in [6, 6.07) is 0. The van der Waals surface area contributed by atoms with Crippen molar-refractivity contribution in [3.63, 3.8) is 0 Å². The zero-order valence-electron chi connectivity index (χ0n) is 9.99. The average Bonchev–Trinajstić information content (AvgIpc) is 2.46. The lowest BCUT2D eigenvalue weighted by molar-refractivity contribution is -0.156. The molecule has 0 spiro atoms. The molecule has 0 radical (unpaired) electrons. The van der Waals surface area contributed by atoms with E-state index >= 15 is 0 Å². The van der Waals surface area contributed by atoms with Crippen LogP contribution in [0.15, 0.2) is 0 Å². The number of esters is 1. The highest BCUT2D eigenvalue weighted by molar-refractivity contribution is 5.78. The Hall–Kier alpha value is -0.860. The third-order valence-electron chi connectivity index (χ3n) is 2.83. The predicted molar refractivity (Wildman–Crippen MR) is 59.2 cm³/mol. The van der Waals surface area contributed by atoms with Crippen molar-refractivity contribution in [3.8, 4) is 0 Å². The predicted octanol–water partition coefficient (Wildman–Crippen LogP) is 2.93. The molecule has 88 valence electrons. The van der Waals surface area contributed by atoms with Crippen LogP contribution in [0.2, 0.25) is 0 Å². The largest absolute Gasteiger partial charge is 0.395 e. The fourth-order valence-corrected chi connectivity index (χ4v) is 1.98. The SMILES string of the molecule is CC.CC1CCCCCC1C(=O)OC=O. The van der Waals surface area contributed by atoms with Crippen LogP contribution in [0.5, 0.6) is 0 Å². The maximum atomic E-state index is 11.3. The van der Waals surface area contributed by atoms with Crippen LogP contribution in [-0.2, 0) is 14.3 Å². The molecule has 0 bridgehead atoms. The summed E-state index contributed by atoms with van der Waals surface area (Å²) in [5.41, 5.74) is 0. The number of hydrogen-bond acceptors (Lipinski definition) is 3. The Morgan fingerprint density at radius 2 is 1.80 bits per heavy atom. The van der Waals surface area contributed by atoms with Crippen LogP contribution >= 0.6 is 0 Å². The Kier molecular flexibility index (Phi) is 7.96. The van der Waals surface area contributed by atoms with Crippen LogP contribution in [0.4, 0.5) is 0 Å². The molecule has 2 unspecified atom stereocenters. The number of rotatable bonds is 2. The number of carbonyl (C=O) groups is 2. The van der Waals surface area contributed by atoms with Gasteiger partial charge in [0.2, 0.25) is 0 Å². The molecule has 0 aromatic rings. The number of carbonyl (C=O) groups excluding carboxylic acids is 2. The fraction of sp³-hybridized carbons (Fsp3) is 0.833. The molecule has 1 rings (SSSR count). The summed E-state index contributed by atoms with van der Waals surface area (Å²) in [7, 11) is 0. The summed E-state index contributed by atoms with van der Waals surface area (Å²) in [5.74, 6) is -0.0490. The topological polar surface area (TPSA) is 43.4 Å². The highest BCUT2D eigenvalue weighted by atomic mass is 16.6. The molecule has 0 saturated heterocycles. The lowest BCUT2D eigenvalue weighted by atomic mass is 9.90. The second-order valence-electron chi connectivity index (χ2n) is 3.75. The summed E-state index contributed by atoms with van der Waals surface area (Å²) in [6.07, 6.45) is 5.39. The zero-order valence-corrected chi connectivity index (χ0v) is 9.99. The second kappa shape index (κ2) is 8.45. The molecular weight excluding hydrogens is 192 g/mol. The van der Waals surface area contributed by atoms with Crippen LogP contribution in [0.1, 0.15) is 52.9 Å². The van der Waals surface area contributed by atoms with E-state index in [1.807, 2.05) is 13.8 Å². The van der Waals surface area contributed by atoms with E-state index in [0.717, 1.165) is 19.3 Å². The van der Waals surface area contributed by atoms with Crippen molar-refractivity contribution >= 4 is 12.4 Å². The molecule has 3 heteroatoms. The molecule has 1 fully saturated rings. The van der Waals surface area contributed by atoms with Gasteiger partial charge in [-0.1, -0.05) is 40.0 Å². The monoisotopic (exact) mass is 214 g/mol. The van der Waals surface area contributed by atoms with Crippen molar-refractivity contribution < 1.29 is 14.3 Å². The fourth-order valence-electron chi connectivity index (χ4n) is 1.98. The van der Waals surface area contributed by atoms with Gasteiger partial charge in [-0.05, 0) is 18.8 Å². The molecule has 0 aromatic heterocycles. The van der Waals surface area contributed by atoms with Gasteiger partial charge in [0.15, 0.2) is 0 Å². The van der Waals surface area contributed by atoms with Gasteiger partial charge in [-0.15, -0.1) is 0 Å². The standard InChI is InChI=1S/C10H16O3.C2H6/c1-8-5-3-2-4-6-9(8)10(12)13-7-11;1-2/h7-9H,2-6H2,1H3;1-2H3. The molecule has 0 amide bonds. The van der Waals surface area contributed by atoms with E-state index in [1.54, 1.807) is 0 Å². The van der Waals surface area contributed by atoms with Crippen LogP contribution in [0.3, 0.4) is 0 Å². The minimum atomic E-state index is -0.343. The normalized spacial score (nSPS) is 25.5. The third kappa shape index (κ3) is 4.96. The highest BCUT2D eigenvalue weighted by Gasteiger charge is 2.27. The van der Waals surface area contributed by atoms with Gasteiger partial charge in [-0.3, -0.25) is 9.59 Å². The minimum Gasteiger partial charge on any atom is -0.395 e. The van der Waals surface area contributed by atoms with Crippen LogP contribution < -0.4 is 0 Å². The van der Waals surface area contributed by atoms with Gasteiger partial charge in [-0.25, -0.2) is 0 Å². The molecule has 0 aromatic carbocycles. The Bertz CT molecular complexity index is 189. The Morgan fingerprint density at radius 1 is 1.20 bits per heavy atom. The summed E-state index contributed by atoms with van der Waals surface area (Å²) in [5, 5.41) is 0. The Labute approximate surface area is 92.2 Å². The molecular formula is C12H22O3. The summed E-state index contributed by atoms with van der Waals surface area (Å²) < 4.78 is 4.39. The smallest absolute Gasteiger partial charge is 0.316 e. The van der Waals surface area contributed by atoms with Gasteiger partial charge in [0.05, 0.1) is 5.92 Å². The van der Waals surface area contributed by atoms with Crippen molar-refractivity contribution in [3.05, 3.63) is 0 Å². The Morgan fingerprint density at radius 3 is 2.40 bits per heavy atom. The van der Waals surface area contributed by atoms with Gasteiger partial charge in [0, 0.05) is 0 Å². The van der Waals surface area contributed by atoms with Gasteiger partial charge < -0.3 is 4.74 Å². The first kappa shape index (κ1) is 14.1. The molecule has 2 atom stereocenters. The number of ether oxygens (including phenoxy) is 1. The number of hydrogen-bond donors (Lipinski definition) is 0. The highest BCUT2D eigenvalue weighted by Crippen LogP contribution is 2.28. The van der Waals surface area contributed by atoms with Crippen molar-refractivity contribution in [2.45, 2.75) is 52.9 Å². The van der Waals surface area contributed by atoms with Gasteiger partial charge in [0.25, 0.3) is 0 Å². The van der Waals surface area contributed by atoms with Crippen LogP contribution in [-0.4, -0.2) is 12.4 Å². The van der Waals surface area contributed by atoms with Crippen molar-refractivity contribution in [1.29, 1.82) is 0 Å². The quantitative estimate of drug-likeness (QED) is 0.307. The van der Waals surface area contributed by atoms with Gasteiger partial charge in [-0.2, -0.15) is 0 Å². The lowest BCUT2D eigenvalue weighted by Crippen LogP contribution is -2.22. The van der Waals surface area contributed by atoms with E-state index in [-0.39, 0.29) is 18.4 Å². The Balaban J connectivity index is 0.000000921. The maximum Gasteiger partial charge on any atom is 0.316 e. The van der Waals surface area contributed by atoms with Crippen molar-refractivity contribution in [2.75, 3.05) is 0 Å². The van der Waals surface area contributed by atoms with Gasteiger partial charge in [0.1, 0.15) is 0 Å². The molecule has 15 heavy (non-hydrogen) atoms. The molecule has 1 aliphatic rings. The summed E-state index contributed by atoms with van der Waals surface area (Å²) in [6.45, 7) is 6.29. The molecule has 0 N–H and O–H groups in total. The van der Waals surface area contributed by atoms with Crippen molar-refractivity contribution in [1.82, 2.24) is 0 Å². The first-order valence-electron chi connectivity index (χ1n) is 5.90. The maximum absolute atomic E-state index is 11.3. The zero-order chi connectivity index (χ0) is 11.7. The average molecular weight is 214 g/mol. The molecule has 1 saturated carbocycles.